The Labute approximate surface area is 109 Å². The first kappa shape index (κ1) is 12.0. The maximum absolute atomic E-state index is 12.5. The van der Waals surface area contributed by atoms with E-state index in [1.807, 2.05) is 6.92 Å². The molecule has 5 nitrogen and oxygen atoms in total. The molecule has 1 aliphatic rings. The Morgan fingerprint density at radius 3 is 2.68 bits per heavy atom. The lowest BCUT2D eigenvalue weighted by Gasteiger charge is -2.11. The Hall–Kier alpha value is -2.04. The molecule has 1 aliphatic carbocycles. The fourth-order valence-electron chi connectivity index (χ4n) is 2.52. The normalized spacial score (nSPS) is 15.1. The zero-order valence-corrected chi connectivity index (χ0v) is 10.9. The van der Waals surface area contributed by atoms with Crippen LogP contribution in [0.25, 0.3) is 11.0 Å². The number of aromatic nitrogens is 1. The predicted octanol–water partition coefficient (Wildman–Crippen LogP) is 1.87. The van der Waals surface area contributed by atoms with E-state index in [1.54, 1.807) is 17.6 Å². The number of hydrogen-bond acceptors (Lipinski definition) is 4. The van der Waals surface area contributed by atoms with E-state index >= 15 is 0 Å². The molecule has 2 aromatic heterocycles. The topological polar surface area (TPSA) is 72.4 Å². The number of aromatic hydroxyl groups is 1. The van der Waals surface area contributed by atoms with Gasteiger partial charge in [0.1, 0.15) is 16.7 Å². The van der Waals surface area contributed by atoms with Crippen LogP contribution in [0.5, 0.6) is 5.75 Å². The number of nitrogens with zero attached hydrogens (tertiary/aromatic N) is 1. The van der Waals surface area contributed by atoms with Crippen molar-refractivity contribution in [2.45, 2.75) is 39.2 Å². The molecule has 0 radical (unpaired) electrons. The Morgan fingerprint density at radius 2 is 2.11 bits per heavy atom. The predicted molar refractivity (Wildman–Crippen MR) is 70.8 cm³/mol. The summed E-state index contributed by atoms with van der Waals surface area (Å²) in [5, 5.41) is 10.3. The summed E-state index contributed by atoms with van der Waals surface area (Å²) in [5.74, 6) is -0.229. The van der Waals surface area contributed by atoms with Gasteiger partial charge in [-0.2, -0.15) is 0 Å². The summed E-state index contributed by atoms with van der Waals surface area (Å²) in [4.78, 5) is 24.2. The smallest absolute Gasteiger partial charge is 0.343 e. The van der Waals surface area contributed by atoms with Gasteiger partial charge in [-0.25, -0.2) is 4.79 Å². The molecule has 0 saturated heterocycles. The van der Waals surface area contributed by atoms with E-state index in [9.17, 15) is 14.7 Å². The van der Waals surface area contributed by atoms with Gasteiger partial charge in [0.15, 0.2) is 0 Å². The molecule has 0 bridgehead atoms. The highest BCUT2D eigenvalue weighted by Gasteiger charge is 2.28. The third-order valence-corrected chi connectivity index (χ3v) is 3.64. The second-order valence-electron chi connectivity index (χ2n) is 5.00. The third kappa shape index (κ3) is 1.69. The summed E-state index contributed by atoms with van der Waals surface area (Å²) < 4.78 is 6.83. The van der Waals surface area contributed by atoms with Crippen molar-refractivity contribution < 1.29 is 9.52 Å². The minimum atomic E-state index is -0.574. The van der Waals surface area contributed by atoms with Crippen molar-refractivity contribution in [1.29, 1.82) is 0 Å². The second kappa shape index (κ2) is 3.98. The third-order valence-electron chi connectivity index (χ3n) is 3.64. The summed E-state index contributed by atoms with van der Waals surface area (Å²) in [6, 6.07) is 1.86. The summed E-state index contributed by atoms with van der Waals surface area (Å²) in [7, 11) is 0. The van der Waals surface area contributed by atoms with Gasteiger partial charge in [-0.15, -0.1) is 0 Å². The van der Waals surface area contributed by atoms with Crippen LogP contribution in [0.4, 0.5) is 0 Å². The Bertz CT molecular complexity index is 781. The van der Waals surface area contributed by atoms with Gasteiger partial charge in [-0.05, 0) is 26.2 Å². The fraction of sp³-hybridized carbons (Fsp3) is 0.429. The minimum Gasteiger partial charge on any atom is -0.506 e. The summed E-state index contributed by atoms with van der Waals surface area (Å²) in [6.45, 7) is 3.55. The van der Waals surface area contributed by atoms with Crippen LogP contribution in [0.3, 0.4) is 0 Å². The fourth-order valence-corrected chi connectivity index (χ4v) is 2.52. The SMILES string of the molecule is CCc1c(O)c2c(=O)n(C3CC3)c(C)cc2oc1=O. The molecule has 0 aromatic carbocycles. The molecule has 100 valence electrons. The van der Waals surface area contributed by atoms with Crippen molar-refractivity contribution in [3.63, 3.8) is 0 Å². The zero-order valence-electron chi connectivity index (χ0n) is 10.9. The molecule has 1 saturated carbocycles. The monoisotopic (exact) mass is 261 g/mol. The van der Waals surface area contributed by atoms with E-state index < -0.39 is 5.63 Å². The van der Waals surface area contributed by atoms with Crippen LogP contribution in [0.1, 0.15) is 37.1 Å². The molecule has 0 spiro atoms. The highest BCUT2D eigenvalue weighted by atomic mass is 16.4. The molecule has 0 amide bonds. The zero-order chi connectivity index (χ0) is 13.7. The average Bonchev–Trinajstić information content (AvgIpc) is 3.12. The molecular formula is C14H15NO4. The number of aryl methyl sites for hydroxylation is 1. The molecule has 0 aliphatic heterocycles. The second-order valence-corrected chi connectivity index (χ2v) is 5.00. The van der Waals surface area contributed by atoms with E-state index in [0.29, 0.717) is 6.42 Å². The Balaban J connectivity index is 2.47. The van der Waals surface area contributed by atoms with E-state index in [4.69, 9.17) is 4.42 Å². The lowest BCUT2D eigenvalue weighted by molar-refractivity contribution is 0.456. The molecular weight excluding hydrogens is 246 g/mol. The van der Waals surface area contributed by atoms with Crippen LogP contribution in [0, 0.1) is 6.92 Å². The summed E-state index contributed by atoms with van der Waals surface area (Å²) >= 11 is 0. The van der Waals surface area contributed by atoms with E-state index in [1.165, 1.54) is 0 Å². The molecule has 1 N–H and O–H groups in total. The molecule has 3 rings (SSSR count). The van der Waals surface area contributed by atoms with Crippen LogP contribution in [-0.4, -0.2) is 9.67 Å². The van der Waals surface area contributed by atoms with Crippen molar-refractivity contribution in [2.75, 3.05) is 0 Å². The first-order valence-corrected chi connectivity index (χ1v) is 6.45. The average molecular weight is 261 g/mol. The highest BCUT2D eigenvalue weighted by molar-refractivity contribution is 5.83. The molecule has 2 heterocycles. The lowest BCUT2D eigenvalue weighted by atomic mass is 10.1. The number of hydrogen-bond donors (Lipinski definition) is 1. The quantitative estimate of drug-likeness (QED) is 0.895. The number of fused-ring (bicyclic) bond motifs is 1. The molecule has 1 fully saturated rings. The van der Waals surface area contributed by atoms with E-state index in [-0.39, 0.29) is 33.9 Å². The standard InChI is InChI=1S/C14H15NO4/c1-3-9-12(16)11-10(19-14(9)18)6-7(2)15(13(11)17)8-4-5-8/h6,8,16H,3-5H2,1-2H3. The largest absolute Gasteiger partial charge is 0.506 e. The van der Waals surface area contributed by atoms with Crippen molar-refractivity contribution >= 4 is 11.0 Å². The van der Waals surface area contributed by atoms with Gasteiger partial charge < -0.3 is 14.1 Å². The van der Waals surface area contributed by atoms with Gasteiger partial charge in [0.05, 0.1) is 5.56 Å². The van der Waals surface area contributed by atoms with Crippen LogP contribution in [0.2, 0.25) is 0 Å². The minimum absolute atomic E-state index is 0.119. The van der Waals surface area contributed by atoms with Gasteiger partial charge in [0.2, 0.25) is 0 Å². The molecule has 5 heteroatoms. The van der Waals surface area contributed by atoms with Crippen LogP contribution in [-0.2, 0) is 6.42 Å². The summed E-state index contributed by atoms with van der Waals surface area (Å²) in [5.41, 5.74) is 0.241. The molecule has 0 unspecified atom stereocenters. The van der Waals surface area contributed by atoms with Gasteiger partial charge >= 0.3 is 5.63 Å². The Kier molecular flexibility index (Phi) is 2.52. The van der Waals surface area contributed by atoms with Gasteiger partial charge in [0, 0.05) is 17.8 Å². The summed E-state index contributed by atoms with van der Waals surface area (Å²) in [6.07, 6.45) is 2.29. The van der Waals surface area contributed by atoms with Crippen LogP contribution in [0.15, 0.2) is 20.1 Å². The maximum atomic E-state index is 12.5. The number of pyridine rings is 1. The van der Waals surface area contributed by atoms with E-state index in [2.05, 4.69) is 0 Å². The highest BCUT2D eigenvalue weighted by Crippen LogP contribution is 2.35. The number of rotatable bonds is 2. The molecule has 0 atom stereocenters. The van der Waals surface area contributed by atoms with Gasteiger partial charge in [-0.1, -0.05) is 6.92 Å². The lowest BCUT2D eigenvalue weighted by Crippen LogP contribution is -2.23. The van der Waals surface area contributed by atoms with Gasteiger partial charge in [0.25, 0.3) is 5.56 Å². The molecule has 2 aromatic rings. The Morgan fingerprint density at radius 1 is 1.42 bits per heavy atom. The van der Waals surface area contributed by atoms with Crippen LogP contribution < -0.4 is 11.2 Å². The van der Waals surface area contributed by atoms with Crippen molar-refractivity contribution in [3.8, 4) is 5.75 Å². The first-order chi connectivity index (χ1) is 9.04. The molecule has 19 heavy (non-hydrogen) atoms. The van der Waals surface area contributed by atoms with E-state index in [0.717, 1.165) is 18.5 Å². The van der Waals surface area contributed by atoms with Gasteiger partial charge in [-0.3, -0.25) is 4.79 Å². The maximum Gasteiger partial charge on any atom is 0.343 e. The van der Waals surface area contributed by atoms with Crippen molar-refractivity contribution in [2.24, 2.45) is 0 Å². The van der Waals surface area contributed by atoms with Crippen molar-refractivity contribution in [1.82, 2.24) is 4.57 Å². The van der Waals surface area contributed by atoms with Crippen molar-refractivity contribution in [3.05, 3.63) is 38.1 Å². The van der Waals surface area contributed by atoms with Crippen LogP contribution >= 0.6 is 0 Å². The first-order valence-electron chi connectivity index (χ1n) is 6.45.